The van der Waals surface area contributed by atoms with E-state index in [0.717, 1.165) is 39.1 Å². The van der Waals surface area contributed by atoms with Crippen LogP contribution in [0, 0.1) is 0 Å². The summed E-state index contributed by atoms with van der Waals surface area (Å²) < 4.78 is 30.3. The van der Waals surface area contributed by atoms with Gasteiger partial charge in [-0.3, -0.25) is 4.90 Å². The van der Waals surface area contributed by atoms with Gasteiger partial charge in [0, 0.05) is 44.8 Å². The fraction of sp³-hybridized carbons (Fsp3) is 1.00. The quantitative estimate of drug-likeness (QED) is 0.779. The van der Waals surface area contributed by atoms with E-state index in [1.165, 1.54) is 6.26 Å². The van der Waals surface area contributed by atoms with Crippen molar-refractivity contribution >= 4 is 10.0 Å². The number of rotatable bonds is 5. The molecule has 1 atom stereocenters. The average Bonchev–Trinajstić information content (AvgIpc) is 2.45. The number of hydrogen-bond acceptors (Lipinski definition) is 5. The standard InChI is InChI=1S/C14H29N3O3S/c1-12(2)16-8-9-20-14(11-16)10-15-13-4-6-17(7-5-13)21(3,18)19/h12-15H,4-11H2,1-3H3. The molecule has 0 aromatic carbocycles. The number of morpholine rings is 1. The lowest BCUT2D eigenvalue weighted by Gasteiger charge is -2.37. The van der Waals surface area contributed by atoms with E-state index in [0.29, 0.717) is 25.2 Å². The van der Waals surface area contributed by atoms with Gasteiger partial charge in [0.05, 0.1) is 19.0 Å². The first-order valence-corrected chi connectivity index (χ1v) is 9.75. The molecule has 0 saturated carbocycles. The van der Waals surface area contributed by atoms with Gasteiger partial charge in [0.1, 0.15) is 0 Å². The zero-order valence-electron chi connectivity index (χ0n) is 13.4. The van der Waals surface area contributed by atoms with E-state index in [2.05, 4.69) is 24.1 Å². The summed E-state index contributed by atoms with van der Waals surface area (Å²) in [4.78, 5) is 2.45. The summed E-state index contributed by atoms with van der Waals surface area (Å²) >= 11 is 0. The van der Waals surface area contributed by atoms with Crippen molar-refractivity contribution < 1.29 is 13.2 Å². The molecule has 6 nitrogen and oxygen atoms in total. The smallest absolute Gasteiger partial charge is 0.211 e. The van der Waals surface area contributed by atoms with Crippen LogP contribution in [0.5, 0.6) is 0 Å². The molecule has 0 bridgehead atoms. The van der Waals surface area contributed by atoms with Crippen LogP contribution in [0.3, 0.4) is 0 Å². The molecule has 2 aliphatic heterocycles. The Morgan fingerprint density at radius 3 is 2.48 bits per heavy atom. The first-order chi connectivity index (χ1) is 9.86. The molecule has 0 aliphatic carbocycles. The molecule has 2 heterocycles. The highest BCUT2D eigenvalue weighted by atomic mass is 32.2. The Kier molecular flexibility index (Phi) is 6.02. The van der Waals surface area contributed by atoms with E-state index < -0.39 is 10.0 Å². The molecule has 1 unspecified atom stereocenters. The van der Waals surface area contributed by atoms with Gasteiger partial charge in [-0.05, 0) is 26.7 Å². The lowest BCUT2D eigenvalue weighted by atomic mass is 10.1. The number of nitrogens with one attached hydrogen (secondary N) is 1. The van der Waals surface area contributed by atoms with Crippen molar-refractivity contribution in [3.8, 4) is 0 Å². The molecule has 7 heteroatoms. The fourth-order valence-corrected chi connectivity index (χ4v) is 3.90. The molecule has 2 saturated heterocycles. The van der Waals surface area contributed by atoms with E-state index in [1.54, 1.807) is 4.31 Å². The van der Waals surface area contributed by atoms with E-state index in [9.17, 15) is 8.42 Å². The van der Waals surface area contributed by atoms with Crippen LogP contribution >= 0.6 is 0 Å². The van der Waals surface area contributed by atoms with Gasteiger partial charge < -0.3 is 10.1 Å². The minimum absolute atomic E-state index is 0.245. The van der Waals surface area contributed by atoms with Gasteiger partial charge in [-0.15, -0.1) is 0 Å². The van der Waals surface area contributed by atoms with Gasteiger partial charge in [0.15, 0.2) is 0 Å². The van der Waals surface area contributed by atoms with E-state index >= 15 is 0 Å². The number of nitrogens with zero attached hydrogens (tertiary/aromatic N) is 2. The van der Waals surface area contributed by atoms with E-state index in [1.807, 2.05) is 0 Å². The zero-order chi connectivity index (χ0) is 15.5. The van der Waals surface area contributed by atoms with Crippen molar-refractivity contribution in [3.63, 3.8) is 0 Å². The van der Waals surface area contributed by atoms with Crippen LogP contribution in [-0.4, -0.2) is 81.4 Å². The maximum absolute atomic E-state index is 11.5. The largest absolute Gasteiger partial charge is 0.374 e. The minimum atomic E-state index is -3.03. The average molecular weight is 319 g/mol. The maximum atomic E-state index is 11.5. The molecule has 21 heavy (non-hydrogen) atoms. The van der Waals surface area contributed by atoms with Crippen LogP contribution in [0.15, 0.2) is 0 Å². The first kappa shape index (κ1) is 17.1. The Balaban J connectivity index is 1.70. The monoisotopic (exact) mass is 319 g/mol. The summed E-state index contributed by atoms with van der Waals surface area (Å²) in [5.74, 6) is 0. The van der Waals surface area contributed by atoms with Crippen molar-refractivity contribution in [1.82, 2.24) is 14.5 Å². The summed E-state index contributed by atoms with van der Waals surface area (Å²) in [6.45, 7) is 9.34. The lowest BCUT2D eigenvalue weighted by Crippen LogP contribution is -2.51. The van der Waals surface area contributed by atoms with Crippen molar-refractivity contribution in [2.45, 2.75) is 44.9 Å². The summed E-state index contributed by atoms with van der Waals surface area (Å²) in [5, 5.41) is 3.55. The molecule has 0 amide bonds. The van der Waals surface area contributed by atoms with Gasteiger partial charge in [-0.25, -0.2) is 12.7 Å². The van der Waals surface area contributed by atoms with Gasteiger partial charge in [0.25, 0.3) is 0 Å². The summed E-state index contributed by atoms with van der Waals surface area (Å²) in [5.41, 5.74) is 0. The van der Waals surface area contributed by atoms with Gasteiger partial charge in [-0.1, -0.05) is 0 Å². The van der Waals surface area contributed by atoms with Crippen molar-refractivity contribution in [3.05, 3.63) is 0 Å². The van der Waals surface area contributed by atoms with Crippen LogP contribution in [0.25, 0.3) is 0 Å². The lowest BCUT2D eigenvalue weighted by molar-refractivity contribution is -0.0385. The van der Waals surface area contributed by atoms with Crippen LogP contribution in [-0.2, 0) is 14.8 Å². The van der Waals surface area contributed by atoms with Gasteiger partial charge >= 0.3 is 0 Å². The second-order valence-corrected chi connectivity index (χ2v) is 8.41. The normalized spacial score (nSPS) is 27.3. The highest BCUT2D eigenvalue weighted by molar-refractivity contribution is 7.88. The van der Waals surface area contributed by atoms with Crippen LogP contribution in [0.2, 0.25) is 0 Å². The van der Waals surface area contributed by atoms with Crippen LogP contribution in [0.4, 0.5) is 0 Å². The van der Waals surface area contributed by atoms with Gasteiger partial charge in [-0.2, -0.15) is 0 Å². The Bertz CT molecular complexity index is 419. The molecule has 1 N–H and O–H groups in total. The third-order valence-corrected chi connectivity index (χ3v) is 5.76. The Labute approximate surface area is 128 Å². The van der Waals surface area contributed by atoms with Crippen molar-refractivity contribution in [2.24, 2.45) is 0 Å². The van der Waals surface area contributed by atoms with E-state index in [4.69, 9.17) is 4.74 Å². The molecular weight excluding hydrogens is 290 g/mol. The van der Waals surface area contributed by atoms with Crippen LogP contribution < -0.4 is 5.32 Å². The first-order valence-electron chi connectivity index (χ1n) is 7.90. The summed E-state index contributed by atoms with van der Waals surface area (Å²) in [7, 11) is -3.03. The number of hydrogen-bond donors (Lipinski definition) is 1. The zero-order valence-corrected chi connectivity index (χ0v) is 14.2. The summed E-state index contributed by atoms with van der Waals surface area (Å²) in [6, 6.07) is 0.968. The molecular formula is C14H29N3O3S. The Morgan fingerprint density at radius 1 is 1.24 bits per heavy atom. The number of sulfonamides is 1. The summed E-state index contributed by atoms with van der Waals surface area (Å²) in [6.07, 6.45) is 3.30. The van der Waals surface area contributed by atoms with Crippen molar-refractivity contribution in [1.29, 1.82) is 0 Å². The third kappa shape index (κ3) is 5.17. The molecule has 0 aromatic rings. The topological polar surface area (TPSA) is 61.9 Å². The highest BCUT2D eigenvalue weighted by Gasteiger charge is 2.26. The third-order valence-electron chi connectivity index (χ3n) is 4.46. The molecule has 2 aliphatic rings. The van der Waals surface area contributed by atoms with E-state index in [-0.39, 0.29) is 6.10 Å². The molecule has 2 fully saturated rings. The second kappa shape index (κ2) is 7.37. The Hall–Kier alpha value is -0.210. The highest BCUT2D eigenvalue weighted by Crippen LogP contribution is 2.14. The van der Waals surface area contributed by atoms with Crippen molar-refractivity contribution in [2.75, 3.05) is 45.6 Å². The van der Waals surface area contributed by atoms with Gasteiger partial charge in [0.2, 0.25) is 10.0 Å². The van der Waals surface area contributed by atoms with Crippen LogP contribution in [0.1, 0.15) is 26.7 Å². The Morgan fingerprint density at radius 2 is 1.90 bits per heavy atom. The maximum Gasteiger partial charge on any atom is 0.211 e. The SMILES string of the molecule is CC(C)N1CCOC(CNC2CCN(S(C)(=O)=O)CC2)C1. The minimum Gasteiger partial charge on any atom is -0.374 e. The second-order valence-electron chi connectivity index (χ2n) is 6.43. The predicted molar refractivity (Wildman–Crippen MR) is 83.9 cm³/mol. The molecule has 2 rings (SSSR count). The number of piperidine rings is 1. The molecule has 124 valence electrons. The number of ether oxygens (including phenoxy) is 1. The fourth-order valence-electron chi connectivity index (χ4n) is 3.02. The molecule has 0 radical (unpaired) electrons. The predicted octanol–water partition coefficient (Wildman–Crippen LogP) is 0.109. The molecule has 0 spiro atoms. The molecule has 0 aromatic heterocycles.